The topological polar surface area (TPSA) is 104 Å². The minimum Gasteiger partial charge on any atom is -0.481 e. The highest BCUT2D eigenvalue weighted by Crippen LogP contribution is 2.22. The lowest BCUT2D eigenvalue weighted by atomic mass is 10.0. The number of carbonyl (C=O) groups excluding carboxylic acids is 1. The fraction of sp³-hybridized carbons (Fsp3) is 0.346. The molecule has 0 aliphatic heterocycles. The molecular weight excluding hydrogens is 406 g/mol. The molecule has 2 rings (SSSR count). The summed E-state index contributed by atoms with van der Waals surface area (Å²) in [4.78, 5) is 34.0. The Labute approximate surface area is 189 Å². The molecule has 3 N–H and O–H groups in total. The highest BCUT2D eigenvalue weighted by atomic mass is 16.4. The van der Waals surface area contributed by atoms with Gasteiger partial charge in [0.2, 0.25) is 0 Å². The largest absolute Gasteiger partial charge is 0.481 e. The molecule has 6 nitrogen and oxygen atoms in total. The lowest BCUT2D eigenvalue weighted by molar-refractivity contribution is -0.139. The van der Waals surface area contributed by atoms with Crippen LogP contribution in [0.4, 0.5) is 0 Å². The number of nitrogens with one attached hydrogen (secondary N) is 1. The maximum Gasteiger partial charge on any atom is 0.332 e. The van der Waals surface area contributed by atoms with Crippen LogP contribution in [-0.4, -0.2) is 34.5 Å². The van der Waals surface area contributed by atoms with Crippen LogP contribution in [0.25, 0.3) is 17.2 Å². The molecule has 0 heterocycles. The Kier molecular flexibility index (Phi) is 10.3. The first kappa shape index (κ1) is 25.0. The van der Waals surface area contributed by atoms with Crippen LogP contribution in [0.15, 0.2) is 54.1 Å². The predicted octanol–water partition coefficient (Wildman–Crippen LogP) is 4.93. The number of benzene rings is 2. The third-order valence-electron chi connectivity index (χ3n) is 5.09. The molecule has 6 heteroatoms. The quantitative estimate of drug-likeness (QED) is 0.286. The smallest absolute Gasteiger partial charge is 0.332 e. The Morgan fingerprint density at radius 2 is 1.69 bits per heavy atom. The minimum atomic E-state index is -1.24. The van der Waals surface area contributed by atoms with Crippen LogP contribution in [0, 0.1) is 0 Å². The molecule has 0 aliphatic rings. The highest BCUT2D eigenvalue weighted by molar-refractivity contribution is 5.96. The molecule has 0 fully saturated rings. The van der Waals surface area contributed by atoms with Gasteiger partial charge in [0, 0.05) is 18.5 Å². The van der Waals surface area contributed by atoms with E-state index in [1.807, 2.05) is 30.3 Å². The zero-order valence-corrected chi connectivity index (χ0v) is 18.5. The summed E-state index contributed by atoms with van der Waals surface area (Å²) in [5, 5.41) is 21.2. The number of hydrogen-bond donors (Lipinski definition) is 3. The SMILES string of the molecule is CCCCCCC(=O)CNCc1cccc(-c2ccc(/C=C(\CC(=O)O)C(=O)O)cc2)c1. The van der Waals surface area contributed by atoms with Gasteiger partial charge in [-0.25, -0.2) is 4.79 Å². The second kappa shape index (κ2) is 13.2. The number of Topliss-reactive ketones (excluding diaryl/α,β-unsaturated/α-hetero) is 1. The van der Waals surface area contributed by atoms with Crippen molar-refractivity contribution in [2.24, 2.45) is 0 Å². The van der Waals surface area contributed by atoms with Crippen LogP contribution in [0.1, 0.15) is 56.6 Å². The molecule has 0 saturated heterocycles. The van der Waals surface area contributed by atoms with Crippen molar-refractivity contribution >= 4 is 23.8 Å². The molecule has 170 valence electrons. The van der Waals surface area contributed by atoms with E-state index in [4.69, 9.17) is 10.2 Å². The third-order valence-corrected chi connectivity index (χ3v) is 5.09. The molecule has 0 spiro atoms. The average molecular weight is 438 g/mol. The number of carboxylic acid groups (broad SMARTS) is 2. The van der Waals surface area contributed by atoms with Gasteiger partial charge in [-0.2, -0.15) is 0 Å². The Morgan fingerprint density at radius 3 is 2.34 bits per heavy atom. The van der Waals surface area contributed by atoms with E-state index in [1.165, 1.54) is 12.5 Å². The Balaban J connectivity index is 1.96. The Morgan fingerprint density at radius 1 is 0.938 bits per heavy atom. The van der Waals surface area contributed by atoms with Crippen molar-refractivity contribution < 1.29 is 24.6 Å². The van der Waals surface area contributed by atoms with Crippen molar-refractivity contribution in [2.45, 2.75) is 52.0 Å². The molecule has 0 saturated carbocycles. The lowest BCUT2D eigenvalue weighted by Gasteiger charge is -2.08. The molecule has 2 aromatic carbocycles. The molecule has 0 aliphatic carbocycles. The summed E-state index contributed by atoms with van der Waals surface area (Å²) in [6, 6.07) is 15.3. The molecule has 32 heavy (non-hydrogen) atoms. The van der Waals surface area contributed by atoms with Crippen molar-refractivity contribution in [3.8, 4) is 11.1 Å². The molecule has 0 unspecified atom stereocenters. The van der Waals surface area contributed by atoms with Crippen LogP contribution in [0.3, 0.4) is 0 Å². The van der Waals surface area contributed by atoms with Crippen molar-refractivity contribution in [2.75, 3.05) is 6.54 Å². The van der Waals surface area contributed by atoms with Gasteiger partial charge in [0.15, 0.2) is 0 Å². The maximum atomic E-state index is 12.0. The number of rotatable bonds is 14. The predicted molar refractivity (Wildman–Crippen MR) is 125 cm³/mol. The molecule has 0 bridgehead atoms. The summed E-state index contributed by atoms with van der Waals surface area (Å²) in [6.45, 7) is 3.13. The summed E-state index contributed by atoms with van der Waals surface area (Å²) >= 11 is 0. The van der Waals surface area contributed by atoms with Gasteiger partial charge in [-0.05, 0) is 40.8 Å². The molecule has 0 aromatic heterocycles. The van der Waals surface area contributed by atoms with Crippen LogP contribution >= 0.6 is 0 Å². The van der Waals surface area contributed by atoms with Crippen molar-refractivity contribution in [1.29, 1.82) is 0 Å². The number of hydrogen-bond acceptors (Lipinski definition) is 4. The van der Waals surface area contributed by atoms with E-state index in [0.29, 0.717) is 25.1 Å². The third kappa shape index (κ3) is 8.86. The number of aliphatic carboxylic acids is 2. The standard InChI is InChI=1S/C26H31NO5/c1-2-3-4-5-9-24(28)18-27-17-20-7-6-8-22(15-20)21-12-10-19(11-13-21)14-23(26(31)32)16-25(29)30/h6-8,10-15,27H,2-5,9,16-18H2,1H3,(H,29,30)(H,31,32)/b23-14+. The fourth-order valence-corrected chi connectivity index (χ4v) is 3.37. The van der Waals surface area contributed by atoms with E-state index in [1.54, 1.807) is 12.1 Å². The summed E-state index contributed by atoms with van der Waals surface area (Å²) in [5.41, 5.74) is 3.50. The van der Waals surface area contributed by atoms with E-state index < -0.39 is 18.4 Å². The summed E-state index contributed by atoms with van der Waals surface area (Å²) in [7, 11) is 0. The van der Waals surface area contributed by atoms with Crippen LogP contribution in [0.2, 0.25) is 0 Å². The van der Waals surface area contributed by atoms with Crippen LogP contribution in [-0.2, 0) is 20.9 Å². The van der Waals surface area contributed by atoms with Gasteiger partial charge in [0.25, 0.3) is 0 Å². The van der Waals surface area contributed by atoms with Gasteiger partial charge in [-0.15, -0.1) is 0 Å². The van der Waals surface area contributed by atoms with E-state index in [9.17, 15) is 14.4 Å². The molecule has 0 radical (unpaired) electrons. The normalized spacial score (nSPS) is 11.3. The Bertz CT molecular complexity index is 947. The van der Waals surface area contributed by atoms with Crippen LogP contribution < -0.4 is 5.32 Å². The average Bonchev–Trinajstić information content (AvgIpc) is 2.77. The summed E-state index contributed by atoms with van der Waals surface area (Å²) < 4.78 is 0. The zero-order valence-electron chi connectivity index (χ0n) is 18.5. The van der Waals surface area contributed by atoms with E-state index >= 15 is 0 Å². The van der Waals surface area contributed by atoms with E-state index in [0.717, 1.165) is 36.0 Å². The Hall–Kier alpha value is -3.25. The van der Waals surface area contributed by atoms with Gasteiger partial charge >= 0.3 is 11.9 Å². The van der Waals surface area contributed by atoms with Crippen molar-refractivity contribution in [3.63, 3.8) is 0 Å². The molecular formula is C26H31NO5. The second-order valence-corrected chi connectivity index (χ2v) is 7.82. The van der Waals surface area contributed by atoms with Crippen molar-refractivity contribution in [3.05, 3.63) is 65.2 Å². The zero-order chi connectivity index (χ0) is 23.3. The lowest BCUT2D eigenvalue weighted by Crippen LogP contribution is -2.22. The first-order chi connectivity index (χ1) is 15.4. The van der Waals surface area contributed by atoms with E-state index in [-0.39, 0.29) is 11.4 Å². The van der Waals surface area contributed by atoms with Crippen molar-refractivity contribution in [1.82, 2.24) is 5.32 Å². The molecule has 0 amide bonds. The van der Waals surface area contributed by atoms with Gasteiger partial charge in [0.05, 0.1) is 13.0 Å². The van der Waals surface area contributed by atoms with Gasteiger partial charge in [0.1, 0.15) is 5.78 Å². The first-order valence-corrected chi connectivity index (χ1v) is 11.0. The highest BCUT2D eigenvalue weighted by Gasteiger charge is 2.12. The number of ketones is 1. The molecule has 2 aromatic rings. The fourth-order valence-electron chi connectivity index (χ4n) is 3.37. The first-order valence-electron chi connectivity index (χ1n) is 11.0. The minimum absolute atomic E-state index is 0.168. The summed E-state index contributed by atoms with van der Waals surface area (Å²) in [6.07, 6.45) is 5.87. The summed E-state index contributed by atoms with van der Waals surface area (Å²) in [5.74, 6) is -2.18. The maximum absolute atomic E-state index is 12.0. The number of unbranched alkanes of at least 4 members (excludes halogenated alkanes) is 3. The van der Waals surface area contributed by atoms with Gasteiger partial charge in [-0.1, -0.05) is 68.7 Å². The second-order valence-electron chi connectivity index (χ2n) is 7.82. The number of carbonyl (C=O) groups is 3. The number of carboxylic acids is 2. The van der Waals surface area contributed by atoms with Crippen LogP contribution in [0.5, 0.6) is 0 Å². The monoisotopic (exact) mass is 437 g/mol. The van der Waals surface area contributed by atoms with Gasteiger partial charge < -0.3 is 15.5 Å². The van der Waals surface area contributed by atoms with E-state index in [2.05, 4.69) is 18.3 Å². The van der Waals surface area contributed by atoms with Gasteiger partial charge in [-0.3, -0.25) is 9.59 Å². The molecule has 0 atom stereocenters.